The van der Waals surface area contributed by atoms with Crippen LogP contribution in [-0.4, -0.2) is 52.6 Å². The zero-order valence-corrected chi connectivity index (χ0v) is 15.7. The molecule has 0 bridgehead atoms. The number of carbonyl (C=O) groups excluding carboxylic acids is 2. The second-order valence-electron chi connectivity index (χ2n) is 7.34. The molecule has 2 aliphatic rings. The second-order valence-corrected chi connectivity index (χ2v) is 8.61. The topological polar surface area (TPSA) is 108 Å². The van der Waals surface area contributed by atoms with Crippen molar-refractivity contribution in [3.63, 3.8) is 0 Å². The molecule has 3 amide bonds. The summed E-state index contributed by atoms with van der Waals surface area (Å²) < 4.78 is 0. The maximum atomic E-state index is 11.9. The molecule has 0 aliphatic carbocycles. The monoisotopic (exact) mass is 371 g/mol. The van der Waals surface area contributed by atoms with Crippen molar-refractivity contribution < 1.29 is 19.5 Å². The number of amides is 3. The van der Waals surface area contributed by atoms with Gasteiger partial charge >= 0.3 is 12.0 Å². The van der Waals surface area contributed by atoms with Gasteiger partial charge in [0.05, 0.1) is 18.0 Å². The summed E-state index contributed by atoms with van der Waals surface area (Å²) in [7, 11) is 0. The number of hydrogen-bond donors (Lipinski definition) is 4. The quantitative estimate of drug-likeness (QED) is 0.344. The Bertz CT molecular complexity index is 500. The number of thioether (sulfide) groups is 1. The van der Waals surface area contributed by atoms with Crippen LogP contribution in [-0.2, 0) is 9.59 Å². The van der Waals surface area contributed by atoms with Gasteiger partial charge in [-0.05, 0) is 25.2 Å². The van der Waals surface area contributed by atoms with E-state index in [4.69, 9.17) is 0 Å². The SMILES string of the molecule is CC(C)CC(CNC(=O)CCCC[C@@H]1SC[C@@H]2NC(=O)N[C@@H]21)C(=O)O. The molecule has 0 saturated carbocycles. The van der Waals surface area contributed by atoms with Crippen molar-refractivity contribution in [3.8, 4) is 0 Å². The summed E-state index contributed by atoms with van der Waals surface area (Å²) in [5, 5.41) is 18.2. The van der Waals surface area contributed by atoms with Gasteiger partial charge in [-0.2, -0.15) is 11.8 Å². The van der Waals surface area contributed by atoms with E-state index >= 15 is 0 Å². The predicted octanol–water partition coefficient (Wildman–Crippen LogP) is 1.58. The van der Waals surface area contributed by atoms with Gasteiger partial charge in [0.25, 0.3) is 0 Å². The van der Waals surface area contributed by atoms with Crippen molar-refractivity contribution in [3.05, 3.63) is 0 Å². The van der Waals surface area contributed by atoms with Crippen molar-refractivity contribution >= 4 is 29.7 Å². The molecule has 1 unspecified atom stereocenters. The molecule has 2 heterocycles. The van der Waals surface area contributed by atoms with Crippen LogP contribution in [0.2, 0.25) is 0 Å². The summed E-state index contributed by atoms with van der Waals surface area (Å²) in [5.41, 5.74) is 0. The van der Waals surface area contributed by atoms with Crippen LogP contribution in [0.4, 0.5) is 4.79 Å². The van der Waals surface area contributed by atoms with Gasteiger partial charge in [-0.3, -0.25) is 9.59 Å². The van der Waals surface area contributed by atoms with E-state index < -0.39 is 11.9 Å². The van der Waals surface area contributed by atoms with E-state index in [-0.39, 0.29) is 36.5 Å². The van der Waals surface area contributed by atoms with Crippen molar-refractivity contribution in [2.75, 3.05) is 12.3 Å². The van der Waals surface area contributed by atoms with Gasteiger partial charge in [0.2, 0.25) is 5.91 Å². The van der Waals surface area contributed by atoms with E-state index in [2.05, 4.69) is 16.0 Å². The molecule has 2 fully saturated rings. The lowest BCUT2D eigenvalue weighted by molar-refractivity contribution is -0.142. The third-order valence-corrected chi connectivity index (χ3v) is 6.24. The fourth-order valence-corrected chi connectivity index (χ4v) is 4.98. The van der Waals surface area contributed by atoms with Crippen LogP contribution in [0.1, 0.15) is 46.0 Å². The fraction of sp³-hybridized carbons (Fsp3) is 0.824. The molecule has 0 radical (unpaired) electrons. The minimum absolute atomic E-state index is 0.0749. The Kier molecular flexibility index (Phi) is 7.40. The Morgan fingerprint density at radius 2 is 2.08 bits per heavy atom. The smallest absolute Gasteiger partial charge is 0.315 e. The first-order valence-corrected chi connectivity index (χ1v) is 10.1. The zero-order chi connectivity index (χ0) is 18.4. The van der Waals surface area contributed by atoms with Gasteiger partial charge in [-0.1, -0.05) is 20.3 Å². The molecule has 0 aromatic carbocycles. The second kappa shape index (κ2) is 9.31. The molecule has 142 valence electrons. The summed E-state index contributed by atoms with van der Waals surface area (Å²) >= 11 is 1.88. The van der Waals surface area contributed by atoms with Crippen LogP contribution in [0.25, 0.3) is 0 Å². The molecule has 4 atom stereocenters. The van der Waals surface area contributed by atoms with Crippen molar-refractivity contribution in [2.24, 2.45) is 11.8 Å². The molecule has 4 N–H and O–H groups in total. The Hall–Kier alpha value is -1.44. The Morgan fingerprint density at radius 3 is 2.76 bits per heavy atom. The van der Waals surface area contributed by atoms with E-state index in [1.807, 2.05) is 25.6 Å². The Balaban J connectivity index is 1.59. The van der Waals surface area contributed by atoms with E-state index in [0.29, 0.717) is 18.1 Å². The largest absolute Gasteiger partial charge is 0.481 e. The van der Waals surface area contributed by atoms with Crippen LogP contribution in [0, 0.1) is 11.8 Å². The number of carboxylic acids is 1. The first kappa shape index (κ1) is 19.9. The highest BCUT2D eigenvalue weighted by atomic mass is 32.2. The zero-order valence-electron chi connectivity index (χ0n) is 14.9. The molecule has 2 saturated heterocycles. The lowest BCUT2D eigenvalue weighted by atomic mass is 9.97. The fourth-order valence-electron chi connectivity index (χ4n) is 3.44. The van der Waals surface area contributed by atoms with Crippen molar-refractivity contribution in [1.29, 1.82) is 0 Å². The van der Waals surface area contributed by atoms with Gasteiger partial charge in [0, 0.05) is 24.0 Å². The van der Waals surface area contributed by atoms with Gasteiger partial charge < -0.3 is 21.1 Å². The number of fused-ring (bicyclic) bond motifs is 1. The molecule has 8 heteroatoms. The lowest BCUT2D eigenvalue weighted by Gasteiger charge is -2.17. The van der Waals surface area contributed by atoms with Gasteiger partial charge in [-0.25, -0.2) is 4.79 Å². The number of carbonyl (C=O) groups is 3. The average molecular weight is 372 g/mol. The number of urea groups is 1. The highest BCUT2D eigenvalue weighted by Gasteiger charge is 2.42. The first-order valence-electron chi connectivity index (χ1n) is 9.05. The van der Waals surface area contributed by atoms with Crippen molar-refractivity contribution in [1.82, 2.24) is 16.0 Å². The first-order chi connectivity index (χ1) is 11.9. The Morgan fingerprint density at radius 1 is 1.32 bits per heavy atom. The third-order valence-electron chi connectivity index (χ3n) is 4.73. The molecule has 25 heavy (non-hydrogen) atoms. The molecule has 2 aliphatic heterocycles. The minimum Gasteiger partial charge on any atom is -0.481 e. The molecular weight excluding hydrogens is 342 g/mol. The number of nitrogens with one attached hydrogen (secondary N) is 3. The molecule has 0 aromatic rings. The standard InChI is InChI=1S/C17H29N3O4S/c1-10(2)7-11(16(22)23)8-18-14(21)6-4-3-5-13-15-12(9-25-13)19-17(24)20-15/h10-13,15H,3-9H2,1-2H3,(H,18,21)(H,22,23)(H2,19,20,24)/t11?,12-,13-,15-/m0/s1. The highest BCUT2D eigenvalue weighted by molar-refractivity contribution is 8.00. The highest BCUT2D eigenvalue weighted by Crippen LogP contribution is 2.33. The number of rotatable bonds is 10. The minimum atomic E-state index is -0.853. The number of carboxylic acid groups (broad SMARTS) is 1. The molecule has 2 rings (SSSR count). The summed E-state index contributed by atoms with van der Waals surface area (Å²) in [5.74, 6) is -0.219. The summed E-state index contributed by atoms with van der Waals surface area (Å²) in [6, 6.07) is 0.368. The third kappa shape index (κ3) is 6.09. The predicted molar refractivity (Wildman–Crippen MR) is 97.5 cm³/mol. The Labute approximate surface area is 153 Å². The van der Waals surface area contributed by atoms with Gasteiger partial charge in [0.15, 0.2) is 0 Å². The van der Waals surface area contributed by atoms with E-state index in [1.54, 1.807) is 0 Å². The van der Waals surface area contributed by atoms with Crippen molar-refractivity contribution in [2.45, 2.75) is 63.3 Å². The maximum Gasteiger partial charge on any atom is 0.315 e. The van der Waals surface area contributed by atoms with Gasteiger partial charge in [0.1, 0.15) is 0 Å². The molecule has 7 nitrogen and oxygen atoms in total. The van der Waals surface area contributed by atoms with Crippen LogP contribution in [0.5, 0.6) is 0 Å². The van der Waals surface area contributed by atoms with Crippen LogP contribution in [0.3, 0.4) is 0 Å². The molecular formula is C17H29N3O4S. The lowest BCUT2D eigenvalue weighted by Crippen LogP contribution is -2.36. The van der Waals surface area contributed by atoms with Crippen LogP contribution < -0.4 is 16.0 Å². The summed E-state index contributed by atoms with van der Waals surface area (Å²) in [6.45, 7) is 4.16. The summed E-state index contributed by atoms with van der Waals surface area (Å²) in [4.78, 5) is 34.4. The van der Waals surface area contributed by atoms with E-state index in [0.717, 1.165) is 25.0 Å². The number of unbranched alkanes of at least 4 members (excludes halogenated alkanes) is 1. The summed E-state index contributed by atoms with van der Waals surface area (Å²) in [6.07, 6.45) is 3.68. The maximum absolute atomic E-state index is 11.9. The van der Waals surface area contributed by atoms with Gasteiger partial charge in [-0.15, -0.1) is 0 Å². The molecule has 0 aromatic heterocycles. The van der Waals surface area contributed by atoms with Crippen LogP contribution >= 0.6 is 11.8 Å². The number of aliphatic carboxylic acids is 1. The average Bonchev–Trinajstić information content (AvgIpc) is 3.07. The molecule has 0 spiro atoms. The van der Waals surface area contributed by atoms with E-state index in [1.165, 1.54) is 0 Å². The van der Waals surface area contributed by atoms with Crippen LogP contribution in [0.15, 0.2) is 0 Å². The van der Waals surface area contributed by atoms with E-state index in [9.17, 15) is 19.5 Å². The number of hydrogen-bond acceptors (Lipinski definition) is 4. The normalized spacial score (nSPS) is 26.0.